The van der Waals surface area contributed by atoms with Crippen LogP contribution in [0.5, 0.6) is 0 Å². The molecule has 1 aromatic carbocycles. The van der Waals surface area contributed by atoms with Crippen molar-refractivity contribution in [2.75, 3.05) is 5.32 Å². The molecule has 0 bridgehead atoms. The maximum absolute atomic E-state index is 11.8. The van der Waals surface area contributed by atoms with E-state index >= 15 is 0 Å². The smallest absolute Gasteiger partial charge is 0.321 e. The summed E-state index contributed by atoms with van der Waals surface area (Å²) in [6.07, 6.45) is 0. The van der Waals surface area contributed by atoms with Crippen molar-refractivity contribution in [3.63, 3.8) is 0 Å². The highest BCUT2D eigenvalue weighted by molar-refractivity contribution is 7.12. The first-order valence-corrected chi connectivity index (χ1v) is 6.17. The topological polar surface area (TPSA) is 77.8 Å². The number of aromatic nitrogens is 2. The standard InChI is InChI=1S/C12H9N3O2S/c16-11(10-2-1-5-18-10)13-7-3-4-8-9(6-7)15-12(17)14-8/h1-6H,(H,13,16)(H2,14,15,17). The molecule has 3 N–H and O–H groups in total. The summed E-state index contributed by atoms with van der Waals surface area (Å²) >= 11 is 1.38. The number of thiophene rings is 1. The van der Waals surface area contributed by atoms with E-state index in [-0.39, 0.29) is 11.6 Å². The van der Waals surface area contributed by atoms with Crippen LogP contribution >= 0.6 is 11.3 Å². The quantitative estimate of drug-likeness (QED) is 0.659. The Balaban J connectivity index is 1.91. The van der Waals surface area contributed by atoms with Crippen molar-refractivity contribution in [2.24, 2.45) is 0 Å². The van der Waals surface area contributed by atoms with Crippen LogP contribution in [-0.4, -0.2) is 15.9 Å². The van der Waals surface area contributed by atoms with Crippen LogP contribution in [0.15, 0.2) is 40.5 Å². The van der Waals surface area contributed by atoms with E-state index in [4.69, 9.17) is 0 Å². The van der Waals surface area contributed by atoms with Gasteiger partial charge in [-0.1, -0.05) is 6.07 Å². The summed E-state index contributed by atoms with van der Waals surface area (Å²) in [7, 11) is 0. The fraction of sp³-hybridized carbons (Fsp3) is 0. The monoisotopic (exact) mass is 259 g/mol. The number of amides is 1. The van der Waals surface area contributed by atoms with Gasteiger partial charge >= 0.3 is 5.69 Å². The molecular formula is C12H9N3O2S. The second-order valence-electron chi connectivity index (χ2n) is 3.77. The molecule has 0 aliphatic heterocycles. The number of imidazole rings is 1. The maximum Gasteiger partial charge on any atom is 0.323 e. The number of H-pyrrole nitrogens is 2. The fourth-order valence-electron chi connectivity index (χ4n) is 1.71. The number of hydrogen-bond acceptors (Lipinski definition) is 3. The van der Waals surface area contributed by atoms with Crippen molar-refractivity contribution in [1.29, 1.82) is 0 Å². The minimum absolute atomic E-state index is 0.151. The molecule has 0 saturated carbocycles. The van der Waals surface area contributed by atoms with E-state index in [1.165, 1.54) is 11.3 Å². The first kappa shape index (κ1) is 10.8. The van der Waals surface area contributed by atoms with Gasteiger partial charge in [0.2, 0.25) is 0 Å². The van der Waals surface area contributed by atoms with Crippen LogP contribution in [0.25, 0.3) is 11.0 Å². The van der Waals surface area contributed by atoms with E-state index in [2.05, 4.69) is 15.3 Å². The molecule has 0 radical (unpaired) electrons. The highest BCUT2D eigenvalue weighted by atomic mass is 32.1. The van der Waals surface area contributed by atoms with Gasteiger partial charge < -0.3 is 15.3 Å². The first-order valence-electron chi connectivity index (χ1n) is 5.29. The third kappa shape index (κ3) is 1.93. The lowest BCUT2D eigenvalue weighted by molar-refractivity contribution is 0.103. The number of carbonyl (C=O) groups excluding carboxylic acids is 1. The molecule has 0 fully saturated rings. The largest absolute Gasteiger partial charge is 0.323 e. The van der Waals surface area contributed by atoms with Crippen LogP contribution in [0, 0.1) is 0 Å². The molecule has 3 aromatic rings. The molecule has 6 heteroatoms. The summed E-state index contributed by atoms with van der Waals surface area (Å²) in [5, 5.41) is 4.63. The zero-order valence-corrected chi connectivity index (χ0v) is 10.0. The van der Waals surface area contributed by atoms with Gasteiger partial charge in [-0.05, 0) is 29.6 Å². The molecule has 0 atom stereocenters. The molecule has 5 nitrogen and oxygen atoms in total. The third-order valence-corrected chi connectivity index (χ3v) is 3.39. The summed E-state index contributed by atoms with van der Waals surface area (Å²) in [5.74, 6) is -0.151. The summed E-state index contributed by atoms with van der Waals surface area (Å²) in [5.41, 5.74) is 1.78. The Hall–Kier alpha value is -2.34. The van der Waals surface area contributed by atoms with Gasteiger partial charge in [0.15, 0.2) is 0 Å². The molecule has 3 rings (SSSR count). The second kappa shape index (κ2) is 4.15. The Labute approximate surface area is 105 Å². The number of aromatic amines is 2. The summed E-state index contributed by atoms with van der Waals surface area (Å²) in [4.78, 5) is 28.9. The molecule has 1 amide bonds. The Morgan fingerprint density at radius 3 is 2.78 bits per heavy atom. The molecule has 18 heavy (non-hydrogen) atoms. The third-order valence-electron chi connectivity index (χ3n) is 2.52. The minimum atomic E-state index is -0.258. The lowest BCUT2D eigenvalue weighted by Gasteiger charge is -2.03. The van der Waals surface area contributed by atoms with E-state index in [1.807, 2.05) is 11.4 Å². The molecular weight excluding hydrogens is 250 g/mol. The number of rotatable bonds is 2. The SMILES string of the molecule is O=C(Nc1ccc2[nH]c(=O)[nH]c2c1)c1cccs1. The predicted molar refractivity (Wildman–Crippen MR) is 71.2 cm³/mol. The zero-order valence-electron chi connectivity index (χ0n) is 9.19. The lowest BCUT2D eigenvalue weighted by atomic mass is 10.2. The normalized spacial score (nSPS) is 10.7. The van der Waals surface area contributed by atoms with Gasteiger partial charge in [0, 0.05) is 5.69 Å². The Morgan fingerprint density at radius 2 is 2.00 bits per heavy atom. The van der Waals surface area contributed by atoms with Gasteiger partial charge in [-0.15, -0.1) is 11.3 Å². The maximum atomic E-state index is 11.8. The summed E-state index contributed by atoms with van der Waals surface area (Å²) in [6.45, 7) is 0. The number of carbonyl (C=O) groups is 1. The molecule has 0 saturated heterocycles. The summed E-state index contributed by atoms with van der Waals surface area (Å²) < 4.78 is 0. The molecule has 0 aliphatic carbocycles. The average molecular weight is 259 g/mol. The molecule has 0 unspecified atom stereocenters. The van der Waals surface area contributed by atoms with E-state index < -0.39 is 0 Å². The second-order valence-corrected chi connectivity index (χ2v) is 4.72. The number of anilines is 1. The van der Waals surface area contributed by atoms with Gasteiger partial charge in [-0.3, -0.25) is 4.79 Å². The van der Waals surface area contributed by atoms with Crippen LogP contribution in [0.1, 0.15) is 9.67 Å². The number of benzene rings is 1. The fourth-order valence-corrected chi connectivity index (χ4v) is 2.33. The van der Waals surface area contributed by atoms with Crippen LogP contribution < -0.4 is 11.0 Å². The zero-order chi connectivity index (χ0) is 12.5. The molecule has 90 valence electrons. The van der Waals surface area contributed by atoms with Gasteiger partial charge in [0.25, 0.3) is 5.91 Å². The van der Waals surface area contributed by atoms with Gasteiger partial charge in [-0.25, -0.2) is 4.79 Å². The number of nitrogens with one attached hydrogen (secondary N) is 3. The van der Waals surface area contributed by atoms with E-state index in [1.54, 1.807) is 24.3 Å². The van der Waals surface area contributed by atoms with E-state index in [9.17, 15) is 9.59 Å². The number of fused-ring (bicyclic) bond motifs is 1. The molecule has 2 aromatic heterocycles. The van der Waals surface area contributed by atoms with Crippen LogP contribution in [0.3, 0.4) is 0 Å². The minimum Gasteiger partial charge on any atom is -0.321 e. The van der Waals surface area contributed by atoms with Gasteiger partial charge in [0.05, 0.1) is 15.9 Å². The van der Waals surface area contributed by atoms with Crippen molar-refractivity contribution < 1.29 is 4.79 Å². The summed E-state index contributed by atoms with van der Waals surface area (Å²) in [6, 6.07) is 8.80. The highest BCUT2D eigenvalue weighted by Crippen LogP contribution is 2.16. The van der Waals surface area contributed by atoms with Crippen molar-refractivity contribution >= 4 is 34.0 Å². The lowest BCUT2D eigenvalue weighted by Crippen LogP contribution is -2.09. The Morgan fingerprint density at radius 1 is 1.17 bits per heavy atom. The van der Waals surface area contributed by atoms with Gasteiger partial charge in [0.1, 0.15) is 0 Å². The Bertz CT molecular complexity index is 755. The Kier molecular flexibility index (Phi) is 2.49. The van der Waals surface area contributed by atoms with Crippen molar-refractivity contribution in [1.82, 2.24) is 9.97 Å². The first-order chi connectivity index (χ1) is 8.72. The van der Waals surface area contributed by atoms with Crippen molar-refractivity contribution in [2.45, 2.75) is 0 Å². The molecule has 2 heterocycles. The number of hydrogen-bond donors (Lipinski definition) is 3. The molecule has 0 spiro atoms. The highest BCUT2D eigenvalue weighted by Gasteiger charge is 2.07. The average Bonchev–Trinajstić information content (AvgIpc) is 2.95. The van der Waals surface area contributed by atoms with Crippen LogP contribution in [0.2, 0.25) is 0 Å². The van der Waals surface area contributed by atoms with Crippen LogP contribution in [0.4, 0.5) is 5.69 Å². The van der Waals surface area contributed by atoms with E-state index in [0.717, 1.165) is 0 Å². The van der Waals surface area contributed by atoms with Crippen molar-refractivity contribution in [3.8, 4) is 0 Å². The van der Waals surface area contributed by atoms with Crippen molar-refractivity contribution in [3.05, 3.63) is 51.1 Å². The predicted octanol–water partition coefficient (Wildman–Crippen LogP) is 2.17. The van der Waals surface area contributed by atoms with Gasteiger partial charge in [-0.2, -0.15) is 0 Å². The molecule has 0 aliphatic rings. The van der Waals surface area contributed by atoms with E-state index in [0.29, 0.717) is 21.6 Å². The van der Waals surface area contributed by atoms with Crippen LogP contribution in [-0.2, 0) is 0 Å².